The molecule has 3 aliphatic rings. The first-order valence-electron chi connectivity index (χ1n) is 8.99. The molecule has 4 rings (SSSR count). The molecule has 1 saturated heterocycles. The van der Waals surface area contributed by atoms with Crippen molar-refractivity contribution < 1.29 is 27.4 Å². The van der Waals surface area contributed by atoms with Gasteiger partial charge in [-0.1, -0.05) is 17.8 Å². The van der Waals surface area contributed by atoms with Gasteiger partial charge in [0.1, 0.15) is 5.75 Å². The van der Waals surface area contributed by atoms with Crippen molar-refractivity contribution in [1.82, 2.24) is 4.90 Å². The lowest BCUT2D eigenvalue weighted by Gasteiger charge is -2.50. The molecule has 0 bridgehead atoms. The molecule has 0 radical (unpaired) electrons. The quantitative estimate of drug-likeness (QED) is 0.744. The molecule has 0 N–H and O–H groups in total. The maximum absolute atomic E-state index is 13.2. The summed E-state index contributed by atoms with van der Waals surface area (Å²) in [7, 11) is 0. The predicted molar refractivity (Wildman–Crippen MR) is 94.5 cm³/mol. The second-order valence-electron chi connectivity index (χ2n) is 7.09. The third-order valence-corrected chi connectivity index (χ3v) is 6.77. The van der Waals surface area contributed by atoms with Crippen molar-refractivity contribution >= 4 is 17.7 Å². The first-order chi connectivity index (χ1) is 12.8. The van der Waals surface area contributed by atoms with E-state index in [2.05, 4.69) is 4.74 Å². The Morgan fingerprint density at radius 1 is 1.30 bits per heavy atom. The van der Waals surface area contributed by atoms with E-state index in [0.29, 0.717) is 36.0 Å². The lowest BCUT2D eigenvalue weighted by Crippen LogP contribution is -2.57. The van der Waals surface area contributed by atoms with Gasteiger partial charge in [0.25, 0.3) is 5.91 Å². The van der Waals surface area contributed by atoms with Crippen LogP contribution in [0.25, 0.3) is 0 Å². The van der Waals surface area contributed by atoms with Gasteiger partial charge in [0.2, 0.25) is 0 Å². The Morgan fingerprint density at radius 3 is 2.70 bits per heavy atom. The number of hydrogen-bond donors (Lipinski definition) is 0. The number of hydrogen-bond acceptors (Lipinski definition) is 4. The van der Waals surface area contributed by atoms with Gasteiger partial charge in [-0.3, -0.25) is 4.79 Å². The Hall–Kier alpha value is -1.67. The van der Waals surface area contributed by atoms with Gasteiger partial charge in [-0.15, -0.1) is 13.2 Å². The van der Waals surface area contributed by atoms with Crippen LogP contribution in [0.1, 0.15) is 31.7 Å². The monoisotopic (exact) mass is 399 g/mol. The molecule has 8 heteroatoms. The fourth-order valence-electron chi connectivity index (χ4n) is 4.31. The van der Waals surface area contributed by atoms with E-state index in [0.717, 1.165) is 30.4 Å². The molecule has 0 unspecified atom stereocenters. The van der Waals surface area contributed by atoms with Gasteiger partial charge in [0.15, 0.2) is 0 Å². The molecule has 0 aliphatic carbocycles. The third-order valence-electron chi connectivity index (χ3n) is 5.50. The van der Waals surface area contributed by atoms with Crippen LogP contribution in [-0.4, -0.2) is 42.5 Å². The highest BCUT2D eigenvalue weighted by molar-refractivity contribution is 8.04. The molecule has 1 amide bonds. The molecular weight excluding hydrogens is 379 g/mol. The predicted octanol–water partition coefficient (Wildman–Crippen LogP) is 4.29. The van der Waals surface area contributed by atoms with E-state index >= 15 is 0 Å². The molecule has 1 aromatic carbocycles. The smallest absolute Gasteiger partial charge is 0.406 e. The van der Waals surface area contributed by atoms with E-state index < -0.39 is 6.36 Å². The van der Waals surface area contributed by atoms with Crippen LogP contribution in [0.15, 0.2) is 33.6 Å². The Bertz CT molecular complexity index is 800. The summed E-state index contributed by atoms with van der Waals surface area (Å²) in [5, 5.41) is 0. The van der Waals surface area contributed by atoms with Crippen LogP contribution in [0, 0.1) is 0 Å². The lowest BCUT2D eigenvalue weighted by atomic mass is 9.77. The molecular formula is C19H20F3NO3S. The topological polar surface area (TPSA) is 38.8 Å². The zero-order valence-corrected chi connectivity index (χ0v) is 15.7. The van der Waals surface area contributed by atoms with E-state index in [1.54, 1.807) is 6.07 Å². The van der Waals surface area contributed by atoms with Gasteiger partial charge in [0.05, 0.1) is 10.4 Å². The maximum atomic E-state index is 13.2. The highest BCUT2D eigenvalue weighted by Crippen LogP contribution is 2.49. The second kappa shape index (κ2) is 6.74. The summed E-state index contributed by atoms with van der Waals surface area (Å²) in [5.74, 6) is -0.271. The van der Waals surface area contributed by atoms with Crippen molar-refractivity contribution in [3.05, 3.63) is 34.2 Å². The number of carbonyl (C=O) groups is 1. The normalized spacial score (nSPS) is 21.9. The number of halogens is 3. The van der Waals surface area contributed by atoms with Gasteiger partial charge < -0.3 is 14.4 Å². The molecule has 4 nitrogen and oxygen atoms in total. The summed E-state index contributed by atoms with van der Waals surface area (Å²) < 4.78 is 47.0. The van der Waals surface area contributed by atoms with E-state index in [1.165, 1.54) is 23.9 Å². The maximum Gasteiger partial charge on any atom is 0.573 e. The number of thioether (sulfide) groups is 1. The van der Waals surface area contributed by atoms with E-state index in [-0.39, 0.29) is 17.2 Å². The molecule has 1 fully saturated rings. The third kappa shape index (κ3) is 3.45. The Balaban J connectivity index is 1.65. The number of amides is 1. The molecule has 1 spiro atoms. The van der Waals surface area contributed by atoms with Crippen LogP contribution in [0.3, 0.4) is 0 Å². The minimum absolute atomic E-state index is 0.0153. The minimum atomic E-state index is -4.73. The summed E-state index contributed by atoms with van der Waals surface area (Å²) in [6, 6.07) is 4.38. The fourth-order valence-corrected chi connectivity index (χ4v) is 5.46. The second-order valence-corrected chi connectivity index (χ2v) is 8.14. The molecule has 0 atom stereocenters. The van der Waals surface area contributed by atoms with Crippen molar-refractivity contribution in [2.75, 3.05) is 19.8 Å². The van der Waals surface area contributed by atoms with Crippen LogP contribution >= 0.6 is 11.8 Å². The number of carbonyl (C=O) groups excluding carboxylic acids is 1. The number of ether oxygens (including phenoxy) is 2. The average Bonchev–Trinajstić information content (AvgIpc) is 2.60. The van der Waals surface area contributed by atoms with Crippen molar-refractivity contribution in [1.29, 1.82) is 0 Å². The summed E-state index contributed by atoms with van der Waals surface area (Å²) in [5.41, 5.74) is 1.84. The van der Waals surface area contributed by atoms with Gasteiger partial charge >= 0.3 is 6.36 Å². The van der Waals surface area contributed by atoms with E-state index in [9.17, 15) is 18.0 Å². The number of nitrogens with zero attached hydrogens (tertiary/aromatic N) is 1. The number of fused-ring (bicyclic) bond motifs is 1. The molecule has 146 valence electrons. The molecule has 0 aromatic heterocycles. The van der Waals surface area contributed by atoms with E-state index in [4.69, 9.17) is 4.74 Å². The first kappa shape index (κ1) is 18.7. The molecule has 1 aromatic rings. The average molecular weight is 399 g/mol. The van der Waals surface area contributed by atoms with Crippen LogP contribution in [-0.2, 0) is 16.0 Å². The standard InChI is InChI=1S/C19H20F3NO3S/c1-2-23-17(24)16-13(11-18(23)5-7-25-8-6-18)9-12-3-4-14(10-15(12)27-16)26-19(20,21)22/h3-4,10H,2,5-9,11H2,1H3. The van der Waals surface area contributed by atoms with Crippen molar-refractivity contribution in [3.63, 3.8) is 0 Å². The lowest BCUT2D eigenvalue weighted by molar-refractivity contribution is -0.274. The highest BCUT2D eigenvalue weighted by Gasteiger charge is 2.47. The minimum Gasteiger partial charge on any atom is -0.406 e. The molecule has 0 saturated carbocycles. The van der Waals surface area contributed by atoms with Gasteiger partial charge in [-0.2, -0.15) is 0 Å². The van der Waals surface area contributed by atoms with Crippen LogP contribution in [0.4, 0.5) is 13.2 Å². The van der Waals surface area contributed by atoms with Gasteiger partial charge in [0, 0.05) is 24.7 Å². The van der Waals surface area contributed by atoms with E-state index in [1.807, 2.05) is 11.8 Å². The SMILES string of the molecule is CCN1C(=O)C2=C(Cc3ccc(OC(F)(F)F)cc3S2)CC12CCOCC2. The Kier molecular flexibility index (Phi) is 4.66. The summed E-state index contributed by atoms with van der Waals surface area (Å²) >= 11 is 1.27. The number of alkyl halides is 3. The number of rotatable bonds is 2. The summed E-state index contributed by atoms with van der Waals surface area (Å²) in [4.78, 5) is 16.4. The number of benzene rings is 1. The zero-order valence-electron chi connectivity index (χ0n) is 14.9. The van der Waals surface area contributed by atoms with Crippen molar-refractivity contribution in [2.45, 2.75) is 49.4 Å². The van der Waals surface area contributed by atoms with Crippen LogP contribution < -0.4 is 4.74 Å². The molecule has 27 heavy (non-hydrogen) atoms. The zero-order chi connectivity index (χ0) is 19.2. The van der Waals surface area contributed by atoms with Crippen molar-refractivity contribution in [2.24, 2.45) is 0 Å². The summed E-state index contributed by atoms with van der Waals surface area (Å²) in [6.45, 7) is 3.88. The Labute approximate surface area is 159 Å². The highest BCUT2D eigenvalue weighted by atomic mass is 32.2. The van der Waals surface area contributed by atoms with Crippen LogP contribution in [0.2, 0.25) is 0 Å². The Morgan fingerprint density at radius 2 is 2.04 bits per heavy atom. The fraction of sp³-hybridized carbons (Fsp3) is 0.526. The van der Waals surface area contributed by atoms with Gasteiger partial charge in [-0.05, 0) is 55.9 Å². The van der Waals surface area contributed by atoms with Crippen molar-refractivity contribution in [3.8, 4) is 5.75 Å². The number of likely N-dealkylation sites (N-methyl/N-ethyl adjacent to an activating group) is 1. The van der Waals surface area contributed by atoms with Crippen LogP contribution in [0.5, 0.6) is 5.75 Å². The molecule has 3 aliphatic heterocycles. The first-order valence-corrected chi connectivity index (χ1v) is 9.81. The largest absolute Gasteiger partial charge is 0.573 e. The summed E-state index contributed by atoms with van der Waals surface area (Å²) in [6.07, 6.45) is -1.69. The van der Waals surface area contributed by atoms with Gasteiger partial charge in [-0.25, -0.2) is 0 Å². The molecule has 3 heterocycles.